The van der Waals surface area contributed by atoms with E-state index in [-0.39, 0.29) is 0 Å². The monoisotopic (exact) mass is 652 g/mol. The van der Waals surface area contributed by atoms with Gasteiger partial charge in [0.15, 0.2) is 0 Å². The number of fused-ring (bicyclic) bond motifs is 11. The summed E-state index contributed by atoms with van der Waals surface area (Å²) >= 11 is 1.89. The first-order chi connectivity index (χ1) is 24.7. The largest absolute Gasteiger partial charge is 0.0906 e. The van der Waals surface area contributed by atoms with Gasteiger partial charge in [-0.25, -0.2) is 0 Å². The lowest BCUT2D eigenvalue weighted by molar-refractivity contribution is 0.723. The Morgan fingerprint density at radius 3 is 1.64 bits per heavy atom. The van der Waals surface area contributed by atoms with Gasteiger partial charge in [0.05, 0.1) is 5.41 Å². The number of hydrogen-bond donors (Lipinski definition) is 0. The molecule has 0 atom stereocenters. The van der Waals surface area contributed by atoms with Crippen LogP contribution in [0.15, 0.2) is 198 Å². The van der Waals surface area contributed by atoms with Crippen LogP contribution < -0.4 is 0 Å². The Morgan fingerprint density at radius 1 is 0.400 bits per heavy atom. The van der Waals surface area contributed by atoms with Gasteiger partial charge >= 0.3 is 0 Å². The fraction of sp³-hybridized carbons (Fsp3) is 0.0204. The first kappa shape index (κ1) is 29.1. The summed E-state index contributed by atoms with van der Waals surface area (Å²) in [4.78, 5) is 2.64. The van der Waals surface area contributed by atoms with E-state index in [2.05, 4.69) is 189 Å². The van der Waals surface area contributed by atoms with Gasteiger partial charge in [-0.2, -0.15) is 0 Å². The second kappa shape index (κ2) is 11.3. The third-order valence-corrected chi connectivity index (χ3v) is 11.9. The predicted octanol–water partition coefficient (Wildman–Crippen LogP) is 13.1. The van der Waals surface area contributed by atoms with Crippen molar-refractivity contribution in [2.75, 3.05) is 0 Å². The third-order valence-electron chi connectivity index (χ3n) is 10.7. The van der Waals surface area contributed by atoms with Crippen molar-refractivity contribution < 1.29 is 0 Å². The minimum absolute atomic E-state index is 0.413. The molecule has 0 saturated heterocycles. The highest BCUT2D eigenvalue weighted by Gasteiger charge is 2.51. The second-order valence-corrected chi connectivity index (χ2v) is 14.4. The maximum absolute atomic E-state index is 4.52. The molecule has 1 aliphatic heterocycles. The third kappa shape index (κ3) is 4.20. The van der Waals surface area contributed by atoms with Crippen molar-refractivity contribution in [1.82, 2.24) is 0 Å². The van der Waals surface area contributed by atoms with Gasteiger partial charge in [-0.05, 0) is 95.2 Å². The molecule has 0 N–H and O–H groups in total. The van der Waals surface area contributed by atoms with E-state index in [9.17, 15) is 0 Å². The molecule has 0 nitrogen and oxygen atoms in total. The molecule has 50 heavy (non-hydrogen) atoms. The quantitative estimate of drug-likeness (QED) is 0.182. The van der Waals surface area contributed by atoms with Crippen LogP contribution >= 0.6 is 11.8 Å². The first-order valence-corrected chi connectivity index (χ1v) is 18.0. The van der Waals surface area contributed by atoms with Crippen molar-refractivity contribution in [2.45, 2.75) is 15.2 Å². The Labute approximate surface area is 297 Å². The average molecular weight is 653 g/mol. The fourth-order valence-corrected chi connectivity index (χ4v) is 9.65. The highest BCUT2D eigenvalue weighted by molar-refractivity contribution is 7.99. The van der Waals surface area contributed by atoms with Crippen molar-refractivity contribution in [1.29, 1.82) is 0 Å². The maximum Gasteiger partial charge on any atom is 0.0735 e. The van der Waals surface area contributed by atoms with Crippen molar-refractivity contribution in [3.63, 3.8) is 0 Å². The van der Waals surface area contributed by atoms with Crippen LogP contribution in [0.4, 0.5) is 0 Å². The fourth-order valence-electron chi connectivity index (χ4n) is 8.46. The van der Waals surface area contributed by atoms with Gasteiger partial charge in [-0.15, -0.1) is 0 Å². The van der Waals surface area contributed by atoms with Crippen molar-refractivity contribution in [3.05, 3.63) is 222 Å². The lowest BCUT2D eigenvalue weighted by atomic mass is 9.67. The van der Waals surface area contributed by atoms with Crippen LogP contribution in [0, 0.1) is 0 Å². The van der Waals surface area contributed by atoms with Gasteiger partial charge in [-0.3, -0.25) is 0 Å². The Kier molecular flexibility index (Phi) is 6.59. The predicted molar refractivity (Wildman–Crippen MR) is 211 cm³/mol. The van der Waals surface area contributed by atoms with E-state index in [0.717, 1.165) is 16.7 Å². The topological polar surface area (TPSA) is 0 Å². The number of hydrogen-bond acceptors (Lipinski definition) is 1. The van der Waals surface area contributed by atoms with Gasteiger partial charge in [0.1, 0.15) is 0 Å². The molecule has 8 aromatic rings. The standard InChI is InChI=1S/C49H32S/c1-32(33-22-26-36(27-23-33)35-12-3-2-4-13-35)34-24-28-38(29-25-34)40-16-11-19-43-47(40)48-39-15-6-5-14-37(39)30-31-44(48)49(43)41-17-7-9-20-45(41)50-46-21-10-8-18-42(46)49/h2-31H,1H2. The lowest BCUT2D eigenvalue weighted by Crippen LogP contribution is -2.31. The first-order valence-electron chi connectivity index (χ1n) is 17.2. The zero-order valence-electron chi connectivity index (χ0n) is 27.4. The zero-order valence-corrected chi connectivity index (χ0v) is 28.3. The van der Waals surface area contributed by atoms with Crippen LogP contribution in [0.5, 0.6) is 0 Å². The molecule has 10 rings (SSSR count). The van der Waals surface area contributed by atoms with E-state index >= 15 is 0 Å². The minimum Gasteiger partial charge on any atom is -0.0906 e. The van der Waals surface area contributed by atoms with Crippen LogP contribution in [0.1, 0.15) is 33.4 Å². The highest BCUT2D eigenvalue weighted by Crippen LogP contribution is 2.64. The van der Waals surface area contributed by atoms with Gasteiger partial charge < -0.3 is 0 Å². The smallest absolute Gasteiger partial charge is 0.0735 e. The summed E-state index contributed by atoms with van der Waals surface area (Å²) in [6, 6.07) is 66.9. The summed E-state index contributed by atoms with van der Waals surface area (Å²) in [5.41, 5.74) is 15.9. The molecular formula is C49H32S. The molecule has 1 aliphatic carbocycles. The molecule has 234 valence electrons. The molecule has 0 bridgehead atoms. The summed E-state index contributed by atoms with van der Waals surface area (Å²) in [6.45, 7) is 4.52. The molecule has 0 aromatic heterocycles. The molecule has 2 aliphatic rings. The maximum atomic E-state index is 4.52. The number of benzene rings is 8. The summed E-state index contributed by atoms with van der Waals surface area (Å²) in [6.07, 6.45) is 0. The van der Waals surface area contributed by atoms with E-state index in [0.29, 0.717) is 0 Å². The molecule has 0 radical (unpaired) electrons. The molecule has 0 unspecified atom stereocenters. The summed E-state index contributed by atoms with van der Waals surface area (Å²) in [5.74, 6) is 0. The van der Waals surface area contributed by atoms with Crippen molar-refractivity contribution in [2.24, 2.45) is 0 Å². The Balaban J connectivity index is 1.14. The summed E-state index contributed by atoms with van der Waals surface area (Å²) in [7, 11) is 0. The van der Waals surface area contributed by atoms with E-state index in [4.69, 9.17) is 0 Å². The molecule has 1 spiro atoms. The van der Waals surface area contributed by atoms with Crippen molar-refractivity contribution in [3.8, 4) is 33.4 Å². The summed E-state index contributed by atoms with van der Waals surface area (Å²) < 4.78 is 0. The Bertz CT molecular complexity index is 2560. The van der Waals surface area contributed by atoms with Gasteiger partial charge in [0.25, 0.3) is 0 Å². The van der Waals surface area contributed by atoms with Crippen LogP contribution in [-0.4, -0.2) is 0 Å². The van der Waals surface area contributed by atoms with E-state index < -0.39 is 5.41 Å². The van der Waals surface area contributed by atoms with Crippen LogP contribution in [0.25, 0.3) is 49.7 Å². The molecule has 8 aromatic carbocycles. The Morgan fingerprint density at radius 2 is 0.940 bits per heavy atom. The lowest BCUT2D eigenvalue weighted by Gasteiger charge is -2.39. The molecule has 1 heteroatoms. The van der Waals surface area contributed by atoms with Gasteiger partial charge in [0, 0.05) is 9.79 Å². The van der Waals surface area contributed by atoms with Gasteiger partial charge in [-0.1, -0.05) is 188 Å². The summed E-state index contributed by atoms with van der Waals surface area (Å²) in [5, 5.41) is 2.56. The van der Waals surface area contributed by atoms with Crippen LogP contribution in [-0.2, 0) is 5.41 Å². The van der Waals surface area contributed by atoms with Crippen LogP contribution in [0.2, 0.25) is 0 Å². The highest BCUT2D eigenvalue weighted by atomic mass is 32.2. The average Bonchev–Trinajstić information content (AvgIpc) is 3.49. The van der Waals surface area contributed by atoms with E-state index in [1.165, 1.54) is 76.2 Å². The van der Waals surface area contributed by atoms with Gasteiger partial charge in [0.2, 0.25) is 0 Å². The minimum atomic E-state index is -0.413. The molecule has 0 fully saturated rings. The molecule has 0 amide bonds. The van der Waals surface area contributed by atoms with Crippen molar-refractivity contribution >= 4 is 28.1 Å². The normalized spacial score (nSPS) is 13.4. The van der Waals surface area contributed by atoms with Crippen LogP contribution in [0.3, 0.4) is 0 Å². The van der Waals surface area contributed by atoms with E-state index in [1.807, 2.05) is 11.8 Å². The van der Waals surface area contributed by atoms with E-state index in [1.54, 1.807) is 0 Å². The molecule has 1 heterocycles. The Hall–Kier alpha value is -5.89. The second-order valence-electron chi connectivity index (χ2n) is 13.3. The molecule has 0 saturated carbocycles. The zero-order chi connectivity index (χ0) is 33.2. The number of rotatable bonds is 4. The molecular weight excluding hydrogens is 621 g/mol. The SMILES string of the molecule is C=C(c1ccc(-c2ccccc2)cc1)c1ccc(-c2cccc3c2-c2c(ccc4ccccc24)C32c3ccccc3Sc3ccccc32)cc1.